The summed E-state index contributed by atoms with van der Waals surface area (Å²) in [5.74, 6) is -0.895. The molecule has 0 saturated heterocycles. The first kappa shape index (κ1) is 16.9. The van der Waals surface area contributed by atoms with Gasteiger partial charge in [-0.05, 0) is 34.2 Å². The molecule has 0 amide bonds. The number of hydrogen-bond donors (Lipinski definition) is 1. The van der Waals surface area contributed by atoms with Gasteiger partial charge in [-0.15, -0.1) is 0 Å². The second-order valence-electron chi connectivity index (χ2n) is 6.84. The third-order valence-corrected chi connectivity index (χ3v) is 3.80. The molecule has 0 radical (unpaired) electrons. The van der Waals surface area contributed by atoms with Crippen LogP contribution in [0.2, 0.25) is 0 Å². The largest absolute Gasteiger partial charge is 0.478 e. The van der Waals surface area contributed by atoms with Gasteiger partial charge in [0.2, 0.25) is 0 Å². The summed E-state index contributed by atoms with van der Waals surface area (Å²) in [7, 11) is 0. The Labute approximate surface area is 137 Å². The Morgan fingerprint density at radius 2 is 1.52 bits per heavy atom. The van der Waals surface area contributed by atoms with E-state index in [0.717, 1.165) is 11.1 Å². The molecule has 2 rings (SSSR count). The van der Waals surface area contributed by atoms with E-state index in [2.05, 4.69) is 32.9 Å². The van der Waals surface area contributed by atoms with Crippen molar-refractivity contribution in [1.29, 1.82) is 0 Å². The molecule has 0 aromatic heterocycles. The lowest BCUT2D eigenvalue weighted by atomic mass is 9.86. The van der Waals surface area contributed by atoms with Gasteiger partial charge in [0.15, 0.2) is 0 Å². The van der Waals surface area contributed by atoms with Crippen LogP contribution in [0.15, 0.2) is 48.5 Å². The number of carboxylic acids is 1. The van der Waals surface area contributed by atoms with Crippen molar-refractivity contribution in [2.75, 3.05) is 0 Å². The van der Waals surface area contributed by atoms with Crippen LogP contribution in [0.25, 0.3) is 0 Å². The average molecular weight is 310 g/mol. The van der Waals surface area contributed by atoms with Crippen molar-refractivity contribution >= 4 is 11.8 Å². The molecule has 0 saturated carbocycles. The fourth-order valence-electron chi connectivity index (χ4n) is 2.45. The summed E-state index contributed by atoms with van der Waals surface area (Å²) in [6.07, 6.45) is 0.615. The predicted octanol–water partition coefficient (Wildman–Crippen LogP) is 4.04. The number of Topliss-reactive ketones (excluding diaryl/α,β-unsaturated/α-hetero) is 1. The minimum absolute atomic E-state index is 0.0797. The van der Waals surface area contributed by atoms with Gasteiger partial charge in [0.1, 0.15) is 5.78 Å². The van der Waals surface area contributed by atoms with Crippen molar-refractivity contribution in [3.05, 3.63) is 70.8 Å². The van der Waals surface area contributed by atoms with Crippen LogP contribution in [0, 0.1) is 0 Å². The van der Waals surface area contributed by atoms with Gasteiger partial charge in [0.05, 0.1) is 5.56 Å². The first-order valence-corrected chi connectivity index (χ1v) is 7.69. The summed E-state index contributed by atoms with van der Waals surface area (Å²) in [6, 6.07) is 14.7. The van der Waals surface area contributed by atoms with Gasteiger partial charge in [0.25, 0.3) is 0 Å². The molecule has 0 aliphatic carbocycles. The van der Waals surface area contributed by atoms with Crippen molar-refractivity contribution < 1.29 is 14.7 Å². The van der Waals surface area contributed by atoms with E-state index in [0.29, 0.717) is 6.42 Å². The second kappa shape index (κ2) is 6.78. The first-order chi connectivity index (χ1) is 10.8. The van der Waals surface area contributed by atoms with E-state index in [1.807, 2.05) is 12.1 Å². The first-order valence-electron chi connectivity index (χ1n) is 7.69. The van der Waals surface area contributed by atoms with Gasteiger partial charge in [-0.2, -0.15) is 0 Å². The van der Waals surface area contributed by atoms with Crippen molar-refractivity contribution in [2.45, 2.75) is 39.0 Å². The number of rotatable bonds is 5. The molecular weight excluding hydrogens is 288 g/mol. The fourth-order valence-corrected chi connectivity index (χ4v) is 2.45. The molecule has 0 bridgehead atoms. The minimum Gasteiger partial charge on any atom is -0.478 e. The van der Waals surface area contributed by atoms with Gasteiger partial charge in [-0.1, -0.05) is 57.2 Å². The number of carbonyl (C=O) groups excluding carboxylic acids is 1. The molecule has 0 aliphatic heterocycles. The monoisotopic (exact) mass is 310 g/mol. The number of ketones is 1. The summed E-state index contributed by atoms with van der Waals surface area (Å²) >= 11 is 0. The van der Waals surface area contributed by atoms with Gasteiger partial charge >= 0.3 is 5.97 Å². The third kappa shape index (κ3) is 4.78. The maximum atomic E-state index is 12.2. The molecule has 3 nitrogen and oxygen atoms in total. The van der Waals surface area contributed by atoms with Crippen LogP contribution in [0.1, 0.15) is 47.8 Å². The van der Waals surface area contributed by atoms with Crippen LogP contribution in [0.5, 0.6) is 0 Å². The minimum atomic E-state index is -0.975. The van der Waals surface area contributed by atoms with Crippen LogP contribution in [0.4, 0.5) is 0 Å². The molecule has 2 aromatic rings. The van der Waals surface area contributed by atoms with Crippen LogP contribution in [-0.2, 0) is 23.1 Å². The number of carbonyl (C=O) groups is 2. The maximum absolute atomic E-state index is 12.2. The summed E-state index contributed by atoms with van der Waals surface area (Å²) in [4.78, 5) is 23.2. The van der Waals surface area contributed by atoms with Crippen LogP contribution >= 0.6 is 0 Å². The maximum Gasteiger partial charge on any atom is 0.335 e. The molecule has 3 heteroatoms. The normalized spacial score (nSPS) is 11.3. The topological polar surface area (TPSA) is 54.4 Å². The SMILES string of the molecule is CC(C)(C)c1ccc(CC(=O)Cc2cccc(C(=O)O)c2)cc1. The van der Waals surface area contributed by atoms with E-state index in [1.54, 1.807) is 18.2 Å². The molecule has 23 heavy (non-hydrogen) atoms. The molecule has 1 N–H and O–H groups in total. The Morgan fingerprint density at radius 3 is 2.09 bits per heavy atom. The lowest BCUT2D eigenvalue weighted by Crippen LogP contribution is -2.11. The highest BCUT2D eigenvalue weighted by molar-refractivity contribution is 5.88. The van der Waals surface area contributed by atoms with E-state index in [-0.39, 0.29) is 23.2 Å². The van der Waals surface area contributed by atoms with Crippen LogP contribution in [0.3, 0.4) is 0 Å². The number of aromatic carboxylic acids is 1. The molecule has 0 heterocycles. The smallest absolute Gasteiger partial charge is 0.335 e. The van der Waals surface area contributed by atoms with Crippen LogP contribution < -0.4 is 0 Å². The zero-order chi connectivity index (χ0) is 17.0. The molecule has 0 aliphatic rings. The molecule has 120 valence electrons. The Kier molecular flexibility index (Phi) is 4.99. The van der Waals surface area contributed by atoms with Crippen molar-refractivity contribution in [1.82, 2.24) is 0 Å². The Bertz CT molecular complexity index is 706. The lowest BCUT2D eigenvalue weighted by Gasteiger charge is -2.19. The van der Waals surface area contributed by atoms with Gasteiger partial charge in [-0.3, -0.25) is 4.79 Å². The zero-order valence-corrected chi connectivity index (χ0v) is 13.8. The van der Waals surface area contributed by atoms with Crippen molar-refractivity contribution in [2.24, 2.45) is 0 Å². The van der Waals surface area contributed by atoms with E-state index in [1.165, 1.54) is 11.6 Å². The highest BCUT2D eigenvalue weighted by atomic mass is 16.4. The summed E-state index contributed by atoms with van der Waals surface area (Å²) in [6.45, 7) is 6.47. The predicted molar refractivity (Wildman–Crippen MR) is 91.0 cm³/mol. The van der Waals surface area contributed by atoms with E-state index in [4.69, 9.17) is 5.11 Å². The highest BCUT2D eigenvalue weighted by Gasteiger charge is 2.13. The van der Waals surface area contributed by atoms with Crippen molar-refractivity contribution in [3.8, 4) is 0 Å². The standard InChI is InChI=1S/C20H22O3/c1-20(2,3)17-9-7-14(8-10-17)12-18(21)13-15-5-4-6-16(11-15)19(22)23/h4-11H,12-13H2,1-3H3,(H,22,23). The third-order valence-electron chi connectivity index (χ3n) is 3.80. The second-order valence-corrected chi connectivity index (χ2v) is 6.84. The molecule has 0 fully saturated rings. The lowest BCUT2D eigenvalue weighted by molar-refractivity contribution is -0.117. The zero-order valence-electron chi connectivity index (χ0n) is 13.8. The highest BCUT2D eigenvalue weighted by Crippen LogP contribution is 2.22. The Morgan fingerprint density at radius 1 is 0.913 bits per heavy atom. The Hall–Kier alpha value is -2.42. The average Bonchev–Trinajstić information content (AvgIpc) is 2.47. The Balaban J connectivity index is 2.02. The molecule has 0 unspecified atom stereocenters. The van der Waals surface area contributed by atoms with E-state index in [9.17, 15) is 9.59 Å². The van der Waals surface area contributed by atoms with Crippen molar-refractivity contribution in [3.63, 3.8) is 0 Å². The van der Waals surface area contributed by atoms with Gasteiger partial charge in [0, 0.05) is 12.8 Å². The van der Waals surface area contributed by atoms with E-state index < -0.39 is 5.97 Å². The summed E-state index contributed by atoms with van der Waals surface area (Å²) in [5, 5.41) is 8.99. The number of carboxylic acid groups (broad SMARTS) is 1. The number of benzene rings is 2. The van der Waals surface area contributed by atoms with Gasteiger partial charge < -0.3 is 5.11 Å². The molecule has 0 atom stereocenters. The fraction of sp³-hybridized carbons (Fsp3) is 0.300. The molecular formula is C20H22O3. The quantitative estimate of drug-likeness (QED) is 0.907. The van der Waals surface area contributed by atoms with Gasteiger partial charge in [-0.25, -0.2) is 4.79 Å². The molecule has 0 spiro atoms. The summed E-state index contributed by atoms with van der Waals surface area (Å²) in [5.41, 5.74) is 3.27. The van der Waals surface area contributed by atoms with E-state index >= 15 is 0 Å². The number of hydrogen-bond acceptors (Lipinski definition) is 2. The molecule has 2 aromatic carbocycles. The van der Waals surface area contributed by atoms with Crippen LogP contribution in [-0.4, -0.2) is 16.9 Å². The summed E-state index contributed by atoms with van der Waals surface area (Å²) < 4.78 is 0.